The number of nitrogens with zero attached hydrogens (tertiary/aromatic N) is 3. The Labute approximate surface area is 146 Å². The Kier molecular flexibility index (Phi) is 4.31. The summed E-state index contributed by atoms with van der Waals surface area (Å²) in [6, 6.07) is 5.45. The normalized spacial score (nSPS) is 19.2. The molecule has 2 aliphatic heterocycles. The number of carbonyl (C=O) groups is 1. The van der Waals surface area contributed by atoms with E-state index in [0.717, 1.165) is 12.2 Å². The van der Waals surface area contributed by atoms with Gasteiger partial charge in [-0.25, -0.2) is 4.98 Å². The molecule has 132 valence electrons. The fourth-order valence-electron chi connectivity index (χ4n) is 3.46. The number of hydrogen-bond donors (Lipinski definition) is 0. The number of rotatable bonds is 3. The number of imidazole rings is 1. The number of amides is 1. The third-order valence-corrected chi connectivity index (χ3v) is 4.57. The number of methoxy groups -OCH3 is 1. The van der Waals surface area contributed by atoms with Gasteiger partial charge in [-0.2, -0.15) is 0 Å². The van der Waals surface area contributed by atoms with Crippen LogP contribution in [0, 0.1) is 5.92 Å². The molecule has 0 fully saturated rings. The highest BCUT2D eigenvalue weighted by Gasteiger charge is 2.29. The molecule has 0 saturated heterocycles. The first-order valence-corrected chi connectivity index (χ1v) is 8.42. The molecule has 0 bridgehead atoms. The van der Waals surface area contributed by atoms with E-state index >= 15 is 0 Å². The summed E-state index contributed by atoms with van der Waals surface area (Å²) in [5.74, 6) is 1.32. The van der Waals surface area contributed by atoms with Gasteiger partial charge in [-0.3, -0.25) is 4.79 Å². The van der Waals surface area contributed by atoms with Crippen molar-refractivity contribution < 1.29 is 19.0 Å². The number of benzene rings is 1. The molecule has 7 nitrogen and oxygen atoms in total. The van der Waals surface area contributed by atoms with E-state index in [1.54, 1.807) is 13.2 Å². The fraction of sp³-hybridized carbons (Fsp3) is 0.444. The van der Waals surface area contributed by atoms with E-state index in [9.17, 15) is 4.79 Å². The number of carbonyl (C=O) groups excluding carboxylic acids is 1. The van der Waals surface area contributed by atoms with Crippen LogP contribution in [0.3, 0.4) is 0 Å². The second kappa shape index (κ2) is 6.76. The quantitative estimate of drug-likeness (QED) is 0.846. The highest BCUT2D eigenvalue weighted by Crippen LogP contribution is 2.34. The molecule has 1 aromatic heterocycles. The summed E-state index contributed by atoms with van der Waals surface area (Å²) in [5.41, 5.74) is 1.57. The summed E-state index contributed by atoms with van der Waals surface area (Å²) < 4.78 is 18.7. The average molecular weight is 343 g/mol. The van der Waals surface area contributed by atoms with Crippen LogP contribution < -0.4 is 9.47 Å². The van der Waals surface area contributed by atoms with Crippen molar-refractivity contribution in [1.82, 2.24) is 14.5 Å². The van der Waals surface area contributed by atoms with Crippen LogP contribution in [0.5, 0.6) is 11.5 Å². The van der Waals surface area contributed by atoms with E-state index in [2.05, 4.69) is 9.55 Å². The minimum atomic E-state index is -0.0573. The lowest BCUT2D eigenvalue weighted by Crippen LogP contribution is -2.35. The first-order valence-electron chi connectivity index (χ1n) is 8.42. The van der Waals surface area contributed by atoms with Crippen molar-refractivity contribution in [3.05, 3.63) is 42.0 Å². The summed E-state index contributed by atoms with van der Waals surface area (Å²) in [7, 11) is 1.69. The van der Waals surface area contributed by atoms with Crippen LogP contribution >= 0.6 is 0 Å². The lowest BCUT2D eigenvalue weighted by Gasteiger charge is -2.26. The van der Waals surface area contributed by atoms with Crippen LogP contribution in [0.2, 0.25) is 0 Å². The molecular weight excluding hydrogens is 322 g/mol. The molecule has 1 aromatic carbocycles. The van der Waals surface area contributed by atoms with Crippen molar-refractivity contribution >= 4 is 5.91 Å². The van der Waals surface area contributed by atoms with Crippen LogP contribution in [0.15, 0.2) is 30.7 Å². The number of fused-ring (bicyclic) bond motifs is 2. The number of aromatic nitrogens is 2. The van der Waals surface area contributed by atoms with Crippen LogP contribution in [0.4, 0.5) is 0 Å². The molecule has 0 aliphatic carbocycles. The standard InChI is InChI=1S/C18H21N3O4/c1-23-11-13-8-20(10-14-7-19-12-21(14)9-13)18(22)15-3-2-4-16-17(15)25-6-5-24-16/h2-4,7,12-13H,5-6,8-11H2,1H3/t13-/m1/s1. The van der Waals surface area contributed by atoms with Crippen molar-refractivity contribution in [3.63, 3.8) is 0 Å². The van der Waals surface area contributed by atoms with Crippen LogP contribution in [-0.2, 0) is 17.8 Å². The molecule has 3 heterocycles. The number of para-hydroxylation sites is 1. The first kappa shape index (κ1) is 16.0. The molecule has 0 N–H and O–H groups in total. The zero-order valence-corrected chi connectivity index (χ0v) is 14.2. The second-order valence-electron chi connectivity index (χ2n) is 6.37. The van der Waals surface area contributed by atoms with Gasteiger partial charge >= 0.3 is 0 Å². The Morgan fingerprint density at radius 1 is 1.32 bits per heavy atom. The Morgan fingerprint density at radius 2 is 2.20 bits per heavy atom. The molecule has 1 atom stereocenters. The van der Waals surface area contributed by atoms with Gasteiger partial charge in [0.2, 0.25) is 0 Å². The molecule has 0 unspecified atom stereocenters. The molecule has 2 aliphatic rings. The van der Waals surface area contributed by atoms with Crippen molar-refractivity contribution in [2.75, 3.05) is 33.5 Å². The molecule has 0 saturated carbocycles. The topological polar surface area (TPSA) is 65.8 Å². The minimum absolute atomic E-state index is 0.0573. The zero-order valence-electron chi connectivity index (χ0n) is 14.2. The van der Waals surface area contributed by atoms with Gasteiger partial charge in [0.25, 0.3) is 5.91 Å². The third kappa shape index (κ3) is 3.07. The van der Waals surface area contributed by atoms with Gasteiger partial charge in [0, 0.05) is 32.3 Å². The second-order valence-corrected chi connectivity index (χ2v) is 6.37. The van der Waals surface area contributed by atoms with E-state index < -0.39 is 0 Å². The number of hydrogen-bond acceptors (Lipinski definition) is 5. The Bertz CT molecular complexity index is 773. The van der Waals surface area contributed by atoms with E-state index in [1.807, 2.05) is 29.6 Å². The Balaban J connectivity index is 1.65. The predicted octanol–water partition coefficient (Wildman–Crippen LogP) is 1.57. The van der Waals surface area contributed by atoms with Crippen molar-refractivity contribution in [3.8, 4) is 11.5 Å². The molecule has 7 heteroatoms. The van der Waals surface area contributed by atoms with Gasteiger partial charge < -0.3 is 23.7 Å². The van der Waals surface area contributed by atoms with Crippen molar-refractivity contribution in [2.24, 2.45) is 5.92 Å². The first-order chi connectivity index (χ1) is 12.3. The molecule has 0 spiro atoms. The van der Waals surface area contributed by atoms with E-state index in [1.165, 1.54) is 0 Å². The Morgan fingerprint density at radius 3 is 3.08 bits per heavy atom. The number of ether oxygens (including phenoxy) is 3. The molecular formula is C18H21N3O4. The van der Waals surface area contributed by atoms with E-state index in [4.69, 9.17) is 14.2 Å². The monoisotopic (exact) mass is 343 g/mol. The van der Waals surface area contributed by atoms with Crippen LogP contribution in [0.1, 0.15) is 16.1 Å². The van der Waals surface area contributed by atoms with Crippen molar-refractivity contribution in [2.45, 2.75) is 13.1 Å². The molecule has 0 radical (unpaired) electrons. The molecule has 4 rings (SSSR count). The largest absolute Gasteiger partial charge is 0.486 e. The van der Waals surface area contributed by atoms with Gasteiger partial charge in [-0.15, -0.1) is 0 Å². The smallest absolute Gasteiger partial charge is 0.258 e. The lowest BCUT2D eigenvalue weighted by atomic mass is 10.1. The minimum Gasteiger partial charge on any atom is -0.486 e. The maximum absolute atomic E-state index is 13.2. The van der Waals surface area contributed by atoms with Crippen LogP contribution in [-0.4, -0.2) is 53.8 Å². The molecule has 2 aromatic rings. The summed E-state index contributed by atoms with van der Waals surface area (Å²) in [6.45, 7) is 3.48. The highest BCUT2D eigenvalue weighted by atomic mass is 16.6. The van der Waals surface area contributed by atoms with Gasteiger partial charge in [-0.05, 0) is 12.1 Å². The predicted molar refractivity (Wildman–Crippen MR) is 89.8 cm³/mol. The maximum Gasteiger partial charge on any atom is 0.258 e. The maximum atomic E-state index is 13.2. The molecule has 25 heavy (non-hydrogen) atoms. The van der Waals surface area contributed by atoms with Crippen molar-refractivity contribution in [1.29, 1.82) is 0 Å². The van der Waals surface area contributed by atoms with E-state index in [-0.39, 0.29) is 11.8 Å². The van der Waals surface area contributed by atoms with Gasteiger partial charge in [0.05, 0.1) is 30.7 Å². The fourth-order valence-corrected chi connectivity index (χ4v) is 3.46. The Hall–Kier alpha value is -2.54. The van der Waals surface area contributed by atoms with Gasteiger partial charge in [-0.1, -0.05) is 6.07 Å². The lowest BCUT2D eigenvalue weighted by molar-refractivity contribution is 0.0658. The SMILES string of the molecule is COC[C@@H]1CN(C(=O)c2cccc3c2OCCO3)Cc2cncn2C1. The summed E-state index contributed by atoms with van der Waals surface area (Å²) in [5, 5.41) is 0. The molecule has 1 amide bonds. The highest BCUT2D eigenvalue weighted by molar-refractivity contribution is 5.97. The summed E-state index contributed by atoms with van der Waals surface area (Å²) in [4.78, 5) is 19.3. The van der Waals surface area contributed by atoms with Crippen LogP contribution in [0.25, 0.3) is 0 Å². The van der Waals surface area contributed by atoms with Gasteiger partial charge in [0.15, 0.2) is 11.5 Å². The van der Waals surface area contributed by atoms with Gasteiger partial charge in [0.1, 0.15) is 13.2 Å². The van der Waals surface area contributed by atoms with E-state index in [0.29, 0.717) is 50.0 Å². The zero-order chi connectivity index (χ0) is 17.2. The summed E-state index contributed by atoms with van der Waals surface area (Å²) in [6.07, 6.45) is 3.63. The average Bonchev–Trinajstić information content (AvgIpc) is 2.99. The summed E-state index contributed by atoms with van der Waals surface area (Å²) >= 11 is 0. The third-order valence-electron chi connectivity index (χ3n) is 4.57.